The third kappa shape index (κ3) is 2.90. The first kappa shape index (κ1) is 13.9. The van der Waals surface area contributed by atoms with E-state index >= 15 is 0 Å². The van der Waals surface area contributed by atoms with E-state index in [9.17, 15) is 10.2 Å². The molecule has 0 amide bonds. The predicted octanol–water partition coefficient (Wildman–Crippen LogP) is 0.588. The van der Waals surface area contributed by atoms with Crippen LogP contribution in [-0.2, 0) is 4.74 Å². The molecule has 0 spiro atoms. The van der Waals surface area contributed by atoms with Crippen LogP contribution in [0.4, 0.5) is 0 Å². The molecule has 18 heavy (non-hydrogen) atoms. The minimum absolute atomic E-state index is 0.148. The van der Waals surface area contributed by atoms with Crippen LogP contribution in [0, 0.1) is 0 Å². The Hall–Kier alpha value is -0.500. The van der Waals surface area contributed by atoms with Gasteiger partial charge in [-0.1, -0.05) is 42.2 Å². The second kappa shape index (κ2) is 6.10. The molecule has 1 saturated heterocycles. The van der Waals surface area contributed by atoms with E-state index in [-0.39, 0.29) is 11.5 Å². The summed E-state index contributed by atoms with van der Waals surface area (Å²) in [4.78, 5) is 1.06. The second-order valence-electron chi connectivity index (χ2n) is 3.94. The third-order valence-corrected chi connectivity index (χ3v) is 4.34. The Balaban J connectivity index is 2.10. The summed E-state index contributed by atoms with van der Waals surface area (Å²) < 4.78 is 5.50. The first-order valence-electron chi connectivity index (χ1n) is 5.51. The molecule has 0 bridgehead atoms. The van der Waals surface area contributed by atoms with Crippen molar-refractivity contribution in [2.45, 2.75) is 28.6 Å². The average Bonchev–Trinajstić information content (AvgIpc) is 2.40. The standard InChI is InChI=1S/C12H14O4S2/c13-6-8-11(17)9(14)10(15)12(16-8)18-7-4-2-1-3-5-7/h1-5,8-10,12-15H,6H2/t8-,9-,10-,12+/m1/s1. The van der Waals surface area contributed by atoms with Gasteiger partial charge in [-0.05, 0) is 12.1 Å². The number of benzene rings is 1. The lowest BCUT2D eigenvalue weighted by molar-refractivity contribution is -0.0797. The van der Waals surface area contributed by atoms with Crippen molar-refractivity contribution in [3.05, 3.63) is 30.3 Å². The van der Waals surface area contributed by atoms with Gasteiger partial charge in [-0.25, -0.2) is 0 Å². The van der Waals surface area contributed by atoms with E-state index in [2.05, 4.69) is 0 Å². The van der Waals surface area contributed by atoms with Gasteiger partial charge in [0, 0.05) is 4.90 Å². The van der Waals surface area contributed by atoms with Gasteiger partial charge in [0.15, 0.2) is 0 Å². The van der Waals surface area contributed by atoms with Crippen molar-refractivity contribution >= 4 is 28.8 Å². The van der Waals surface area contributed by atoms with Crippen LogP contribution in [0.15, 0.2) is 35.2 Å². The molecule has 1 fully saturated rings. The van der Waals surface area contributed by atoms with E-state index in [1.54, 1.807) is 0 Å². The first-order valence-corrected chi connectivity index (χ1v) is 6.80. The summed E-state index contributed by atoms with van der Waals surface area (Å²) in [5, 5.41) is 28.9. The van der Waals surface area contributed by atoms with Crippen molar-refractivity contribution in [2.24, 2.45) is 0 Å². The average molecular weight is 286 g/mol. The Morgan fingerprint density at radius 1 is 1.22 bits per heavy atom. The van der Waals surface area contributed by atoms with Gasteiger partial charge >= 0.3 is 0 Å². The van der Waals surface area contributed by atoms with Gasteiger partial charge in [-0.15, -0.1) is 0 Å². The number of hydrogen-bond acceptors (Lipinski definition) is 6. The molecule has 0 unspecified atom stereocenters. The van der Waals surface area contributed by atoms with Crippen LogP contribution in [0.3, 0.4) is 0 Å². The largest absolute Gasteiger partial charge is 0.393 e. The summed E-state index contributed by atoms with van der Waals surface area (Å²) >= 11 is 6.23. The predicted molar refractivity (Wildman–Crippen MR) is 72.7 cm³/mol. The minimum Gasteiger partial charge on any atom is -0.393 e. The highest BCUT2D eigenvalue weighted by Crippen LogP contribution is 2.32. The molecule has 6 heteroatoms. The summed E-state index contributed by atoms with van der Waals surface area (Å²) in [6, 6.07) is 9.41. The van der Waals surface area contributed by atoms with E-state index in [1.807, 2.05) is 30.3 Å². The molecule has 1 aromatic carbocycles. The second-order valence-corrected chi connectivity index (χ2v) is 5.59. The Bertz CT molecular complexity index is 408. The van der Waals surface area contributed by atoms with Crippen molar-refractivity contribution in [3.63, 3.8) is 0 Å². The van der Waals surface area contributed by atoms with Crippen molar-refractivity contribution in [2.75, 3.05) is 6.61 Å². The number of ether oxygens (including phenoxy) is 1. The molecule has 4 atom stereocenters. The molecule has 1 heterocycles. The Labute approximate surface area is 115 Å². The van der Waals surface area contributed by atoms with Gasteiger partial charge in [0.2, 0.25) is 0 Å². The number of thioether (sulfide) groups is 1. The topological polar surface area (TPSA) is 69.9 Å². The SMILES string of the molecule is OC[C@H]1O[C@@H](Sc2ccccc2)[C@H](O)[C@@H](O)C1=S. The number of rotatable bonds is 3. The molecule has 98 valence electrons. The van der Waals surface area contributed by atoms with E-state index in [4.69, 9.17) is 22.1 Å². The highest BCUT2D eigenvalue weighted by atomic mass is 32.2. The van der Waals surface area contributed by atoms with Crippen molar-refractivity contribution in [1.29, 1.82) is 0 Å². The zero-order valence-corrected chi connectivity index (χ0v) is 11.1. The molecule has 3 N–H and O–H groups in total. The van der Waals surface area contributed by atoms with Gasteiger partial charge in [-0.3, -0.25) is 0 Å². The minimum atomic E-state index is -1.15. The van der Waals surface area contributed by atoms with Crippen LogP contribution in [-0.4, -0.2) is 50.5 Å². The van der Waals surface area contributed by atoms with Crippen LogP contribution in [0.1, 0.15) is 0 Å². The smallest absolute Gasteiger partial charge is 0.137 e. The molecule has 1 aromatic rings. The molecule has 1 aliphatic heterocycles. The summed E-state index contributed by atoms with van der Waals surface area (Å²) in [6.45, 7) is -0.297. The first-order chi connectivity index (χ1) is 8.63. The van der Waals surface area contributed by atoms with Crippen molar-refractivity contribution in [3.8, 4) is 0 Å². The van der Waals surface area contributed by atoms with Crippen molar-refractivity contribution in [1.82, 2.24) is 0 Å². The van der Waals surface area contributed by atoms with Crippen LogP contribution in [0.25, 0.3) is 0 Å². The van der Waals surface area contributed by atoms with E-state index in [0.717, 1.165) is 4.90 Å². The van der Waals surface area contributed by atoms with Crippen molar-refractivity contribution < 1.29 is 20.1 Å². The maximum absolute atomic E-state index is 9.92. The zero-order valence-electron chi connectivity index (χ0n) is 9.47. The lowest BCUT2D eigenvalue weighted by Crippen LogP contribution is -2.54. The third-order valence-electron chi connectivity index (χ3n) is 2.67. The normalized spacial score (nSPS) is 32.5. The maximum atomic E-state index is 9.92. The number of aliphatic hydroxyl groups is 3. The molecule has 0 aliphatic carbocycles. The Kier molecular flexibility index (Phi) is 4.71. The number of thiocarbonyl (C=S) groups is 1. The van der Waals surface area contributed by atoms with Gasteiger partial charge in [-0.2, -0.15) is 0 Å². The summed E-state index contributed by atoms with van der Waals surface area (Å²) in [7, 11) is 0. The monoisotopic (exact) mass is 286 g/mol. The van der Waals surface area contributed by atoms with E-state index < -0.39 is 23.7 Å². The fraction of sp³-hybridized carbons (Fsp3) is 0.417. The molecule has 0 aromatic heterocycles. The fourth-order valence-electron chi connectivity index (χ4n) is 1.68. The number of hydrogen-bond donors (Lipinski definition) is 3. The van der Waals surface area contributed by atoms with Crippen LogP contribution < -0.4 is 0 Å². The fourth-order valence-corrected chi connectivity index (χ4v) is 3.01. The van der Waals surface area contributed by atoms with Crippen LogP contribution in [0.5, 0.6) is 0 Å². The lowest BCUT2D eigenvalue weighted by atomic mass is 10.0. The van der Waals surface area contributed by atoms with Gasteiger partial charge in [0.1, 0.15) is 23.7 Å². The molecular weight excluding hydrogens is 272 g/mol. The Morgan fingerprint density at radius 3 is 2.50 bits per heavy atom. The quantitative estimate of drug-likeness (QED) is 0.707. The molecule has 2 rings (SSSR count). The molecule has 4 nitrogen and oxygen atoms in total. The zero-order chi connectivity index (χ0) is 13.1. The summed E-state index contributed by atoms with van der Waals surface area (Å²) in [5.74, 6) is 0. The van der Waals surface area contributed by atoms with E-state index in [1.165, 1.54) is 11.8 Å². The molecule has 0 radical (unpaired) electrons. The molecular formula is C12H14O4S2. The van der Waals surface area contributed by atoms with Gasteiger partial charge < -0.3 is 20.1 Å². The van der Waals surface area contributed by atoms with Crippen LogP contribution >= 0.6 is 24.0 Å². The maximum Gasteiger partial charge on any atom is 0.137 e. The number of aliphatic hydroxyl groups excluding tert-OH is 3. The highest BCUT2D eigenvalue weighted by Gasteiger charge is 2.40. The Morgan fingerprint density at radius 2 is 1.89 bits per heavy atom. The highest BCUT2D eigenvalue weighted by molar-refractivity contribution is 7.99. The van der Waals surface area contributed by atoms with Crippen LogP contribution in [0.2, 0.25) is 0 Å². The summed E-state index contributed by atoms with van der Waals surface area (Å²) in [5.41, 5.74) is -0.647. The van der Waals surface area contributed by atoms with E-state index in [0.29, 0.717) is 0 Å². The van der Waals surface area contributed by atoms with Gasteiger partial charge in [0.25, 0.3) is 0 Å². The molecule has 0 saturated carbocycles. The lowest BCUT2D eigenvalue weighted by Gasteiger charge is -2.36. The van der Waals surface area contributed by atoms with Gasteiger partial charge in [0.05, 0.1) is 11.5 Å². The molecule has 1 aliphatic rings. The summed E-state index contributed by atoms with van der Waals surface area (Å²) in [6.07, 6.45) is -2.95.